The van der Waals surface area contributed by atoms with Crippen LogP contribution in [-0.2, 0) is 6.42 Å². The van der Waals surface area contributed by atoms with Gasteiger partial charge in [-0.05, 0) is 31.0 Å². The standard InChI is InChI=1S/C19H17F3N4O4/c1-8-12(20)13(21)14(22)16(30-2)15(8)26-19(29)23-6-5-9-3-4-10-11(7-9)25-17(24-10)18(27)28/h3-4,7H,5-6H2,1-2H3,(H,24,25)(H,27,28)(H2,23,26,29). The van der Waals surface area contributed by atoms with E-state index in [9.17, 15) is 22.8 Å². The molecule has 2 amide bonds. The number of nitrogens with one attached hydrogen (secondary N) is 3. The molecule has 11 heteroatoms. The topological polar surface area (TPSA) is 116 Å². The summed E-state index contributed by atoms with van der Waals surface area (Å²) < 4.78 is 45.9. The third-order valence-corrected chi connectivity index (χ3v) is 4.41. The van der Waals surface area contributed by atoms with Crippen molar-refractivity contribution < 1.29 is 32.6 Å². The number of halogens is 3. The van der Waals surface area contributed by atoms with E-state index in [2.05, 4.69) is 20.6 Å². The number of nitrogens with zero attached hydrogens (tertiary/aromatic N) is 1. The van der Waals surface area contributed by atoms with Crippen LogP contribution in [-0.4, -0.2) is 40.7 Å². The molecule has 0 saturated carbocycles. The van der Waals surface area contributed by atoms with Crippen LogP contribution >= 0.6 is 0 Å². The van der Waals surface area contributed by atoms with Crippen molar-refractivity contribution in [3.63, 3.8) is 0 Å². The van der Waals surface area contributed by atoms with Gasteiger partial charge >= 0.3 is 12.0 Å². The molecule has 1 aromatic heterocycles. The first-order valence-corrected chi connectivity index (χ1v) is 8.70. The summed E-state index contributed by atoms with van der Waals surface area (Å²) in [5.41, 5.74) is 1.19. The Balaban J connectivity index is 1.66. The lowest BCUT2D eigenvalue weighted by Crippen LogP contribution is -2.31. The molecule has 0 fully saturated rings. The molecule has 0 saturated heterocycles. The third-order valence-electron chi connectivity index (χ3n) is 4.41. The van der Waals surface area contributed by atoms with Gasteiger partial charge in [-0.25, -0.2) is 23.4 Å². The summed E-state index contributed by atoms with van der Waals surface area (Å²) in [7, 11) is 1.07. The fourth-order valence-electron chi connectivity index (χ4n) is 2.88. The van der Waals surface area contributed by atoms with Crippen LogP contribution < -0.4 is 15.4 Å². The number of hydrogen-bond donors (Lipinski definition) is 4. The second-order valence-electron chi connectivity index (χ2n) is 6.35. The maximum Gasteiger partial charge on any atom is 0.371 e. The van der Waals surface area contributed by atoms with Crippen molar-refractivity contribution in [2.75, 3.05) is 19.0 Å². The van der Waals surface area contributed by atoms with Gasteiger partial charge in [0.15, 0.2) is 17.4 Å². The number of ether oxygens (including phenoxy) is 1. The highest BCUT2D eigenvalue weighted by Crippen LogP contribution is 2.35. The van der Waals surface area contributed by atoms with Gasteiger partial charge < -0.3 is 25.5 Å². The fourth-order valence-corrected chi connectivity index (χ4v) is 2.88. The number of carbonyl (C=O) groups excluding carboxylic acids is 1. The lowest BCUT2D eigenvalue weighted by molar-refractivity contribution is 0.0685. The van der Waals surface area contributed by atoms with E-state index in [-0.39, 0.29) is 23.6 Å². The first-order valence-electron chi connectivity index (χ1n) is 8.70. The van der Waals surface area contributed by atoms with E-state index in [1.54, 1.807) is 18.2 Å². The summed E-state index contributed by atoms with van der Waals surface area (Å²) in [6.07, 6.45) is 0.382. The molecule has 0 spiro atoms. The number of carboxylic acids is 1. The first-order chi connectivity index (χ1) is 14.2. The molecule has 0 radical (unpaired) electrons. The Morgan fingerprint density at radius 2 is 1.93 bits per heavy atom. The lowest BCUT2D eigenvalue weighted by atomic mass is 10.1. The summed E-state index contributed by atoms with van der Waals surface area (Å²) in [5.74, 6) is -6.61. The van der Waals surface area contributed by atoms with E-state index in [0.717, 1.165) is 12.7 Å². The summed E-state index contributed by atoms with van der Waals surface area (Å²) in [4.78, 5) is 29.7. The average Bonchev–Trinajstić information content (AvgIpc) is 3.14. The van der Waals surface area contributed by atoms with Crippen LogP contribution in [0.4, 0.5) is 23.7 Å². The van der Waals surface area contributed by atoms with Gasteiger partial charge in [-0.2, -0.15) is 4.39 Å². The first kappa shape index (κ1) is 21.0. The SMILES string of the molecule is COc1c(F)c(F)c(F)c(C)c1NC(=O)NCCc1ccc2nc(C(=O)O)[nH]c2c1. The highest BCUT2D eigenvalue weighted by Gasteiger charge is 2.24. The van der Waals surface area contributed by atoms with Gasteiger partial charge in [0.25, 0.3) is 0 Å². The smallest absolute Gasteiger partial charge is 0.371 e. The molecule has 0 aliphatic carbocycles. The van der Waals surface area contributed by atoms with Gasteiger partial charge in [0, 0.05) is 12.1 Å². The number of carbonyl (C=O) groups is 2. The highest BCUT2D eigenvalue weighted by atomic mass is 19.2. The van der Waals surface area contributed by atoms with Crippen LogP contribution in [0.5, 0.6) is 5.75 Å². The third kappa shape index (κ3) is 4.00. The van der Waals surface area contributed by atoms with Crippen molar-refractivity contribution in [2.45, 2.75) is 13.3 Å². The molecule has 30 heavy (non-hydrogen) atoms. The molecule has 0 aliphatic rings. The van der Waals surface area contributed by atoms with Crippen LogP contribution in [0.15, 0.2) is 18.2 Å². The molecule has 2 aromatic carbocycles. The maximum absolute atomic E-state index is 13.8. The molecule has 4 N–H and O–H groups in total. The summed E-state index contributed by atoms with van der Waals surface area (Å²) >= 11 is 0. The van der Waals surface area contributed by atoms with Gasteiger partial charge in [-0.15, -0.1) is 0 Å². The van der Waals surface area contributed by atoms with E-state index < -0.39 is 35.2 Å². The Morgan fingerprint density at radius 3 is 2.60 bits per heavy atom. The summed E-state index contributed by atoms with van der Waals surface area (Å²) in [6, 6.07) is 4.31. The van der Waals surface area contributed by atoms with Gasteiger partial charge in [0.05, 0.1) is 23.8 Å². The summed E-state index contributed by atoms with van der Waals surface area (Å²) in [5, 5.41) is 13.7. The van der Waals surface area contributed by atoms with Crippen LogP contribution in [0, 0.1) is 24.4 Å². The van der Waals surface area contributed by atoms with Gasteiger partial charge in [0.1, 0.15) is 0 Å². The number of benzene rings is 2. The lowest BCUT2D eigenvalue weighted by Gasteiger charge is -2.15. The zero-order valence-electron chi connectivity index (χ0n) is 15.9. The quantitative estimate of drug-likeness (QED) is 0.455. The van der Waals surface area contributed by atoms with Crippen LogP contribution in [0.1, 0.15) is 21.7 Å². The molecule has 0 unspecified atom stereocenters. The molecule has 158 valence electrons. The van der Waals surface area contributed by atoms with Crippen molar-refractivity contribution in [3.05, 3.63) is 52.6 Å². The second-order valence-corrected chi connectivity index (χ2v) is 6.35. The minimum atomic E-state index is -1.68. The number of fused-ring (bicyclic) bond motifs is 1. The molecular weight excluding hydrogens is 405 g/mol. The van der Waals surface area contributed by atoms with Crippen molar-refractivity contribution in [1.29, 1.82) is 0 Å². The number of aromatic amines is 1. The maximum atomic E-state index is 13.8. The van der Waals surface area contributed by atoms with Crippen molar-refractivity contribution in [2.24, 2.45) is 0 Å². The minimum absolute atomic E-state index is 0.158. The largest absolute Gasteiger partial charge is 0.491 e. The predicted octanol–water partition coefficient (Wildman–Crippen LogP) is 3.36. The van der Waals surface area contributed by atoms with E-state index in [0.29, 0.717) is 17.5 Å². The molecule has 0 aliphatic heterocycles. The number of hydrogen-bond acceptors (Lipinski definition) is 4. The second kappa shape index (κ2) is 8.31. The number of anilines is 1. The van der Waals surface area contributed by atoms with Gasteiger partial charge in [-0.1, -0.05) is 6.07 Å². The fraction of sp³-hybridized carbons (Fsp3) is 0.211. The Bertz CT molecular complexity index is 1150. The van der Waals surface area contributed by atoms with Crippen LogP contribution in [0.2, 0.25) is 0 Å². The number of urea groups is 1. The number of aromatic nitrogens is 2. The Morgan fingerprint density at radius 1 is 1.20 bits per heavy atom. The number of amides is 2. The minimum Gasteiger partial charge on any atom is -0.491 e. The molecule has 3 rings (SSSR count). The zero-order chi connectivity index (χ0) is 22.0. The highest BCUT2D eigenvalue weighted by molar-refractivity contribution is 5.92. The van der Waals surface area contributed by atoms with Crippen molar-refractivity contribution in [1.82, 2.24) is 15.3 Å². The monoisotopic (exact) mass is 422 g/mol. The number of aromatic carboxylic acids is 1. The Labute approximate surface area is 168 Å². The molecule has 8 nitrogen and oxygen atoms in total. The number of methoxy groups -OCH3 is 1. The molecular formula is C19H17F3N4O4. The normalized spacial score (nSPS) is 10.8. The van der Waals surface area contributed by atoms with Gasteiger partial charge in [-0.3, -0.25) is 0 Å². The van der Waals surface area contributed by atoms with E-state index >= 15 is 0 Å². The summed E-state index contributed by atoms with van der Waals surface area (Å²) in [6.45, 7) is 1.34. The predicted molar refractivity (Wildman–Crippen MR) is 101 cm³/mol. The average molecular weight is 422 g/mol. The Hall–Kier alpha value is -3.76. The zero-order valence-corrected chi connectivity index (χ0v) is 15.9. The van der Waals surface area contributed by atoms with Gasteiger partial charge in [0.2, 0.25) is 11.6 Å². The number of carboxylic acid groups (broad SMARTS) is 1. The molecule has 3 aromatic rings. The molecule has 1 heterocycles. The van der Waals surface area contributed by atoms with Crippen molar-refractivity contribution in [3.8, 4) is 5.75 Å². The number of H-pyrrole nitrogens is 1. The van der Waals surface area contributed by atoms with Crippen molar-refractivity contribution >= 4 is 28.7 Å². The Kier molecular flexibility index (Phi) is 5.81. The number of imidazole rings is 1. The molecule has 0 bridgehead atoms. The van der Waals surface area contributed by atoms with E-state index in [4.69, 9.17) is 9.84 Å². The number of rotatable bonds is 6. The van der Waals surface area contributed by atoms with E-state index in [1.807, 2.05) is 0 Å². The van der Waals surface area contributed by atoms with Crippen LogP contribution in [0.3, 0.4) is 0 Å². The van der Waals surface area contributed by atoms with Crippen LogP contribution in [0.25, 0.3) is 11.0 Å². The van der Waals surface area contributed by atoms with E-state index in [1.165, 1.54) is 6.92 Å². The molecule has 0 atom stereocenters.